The number of anilines is 1. The second-order valence-corrected chi connectivity index (χ2v) is 3.99. The van der Waals surface area contributed by atoms with E-state index in [1.54, 1.807) is 0 Å². The Morgan fingerprint density at radius 2 is 2.00 bits per heavy atom. The lowest BCUT2D eigenvalue weighted by Crippen LogP contribution is -1.97. The average Bonchev–Trinajstić information content (AvgIpc) is 2.84. The molecule has 3 heteroatoms. The minimum atomic E-state index is 0.565. The van der Waals surface area contributed by atoms with Crippen LogP contribution in [0.25, 0.3) is 5.69 Å². The van der Waals surface area contributed by atoms with E-state index < -0.39 is 0 Å². The number of benzene rings is 1. The lowest BCUT2D eigenvalue weighted by atomic mass is 10.1. The van der Waals surface area contributed by atoms with E-state index in [9.17, 15) is 0 Å². The van der Waals surface area contributed by atoms with Crippen LogP contribution in [0.3, 0.4) is 0 Å². The number of aromatic nitrogens is 2. The third kappa shape index (κ3) is 1.40. The standard InChI is InChI=1S/C12H13N3/c13-12-6-7-15(14-12)11-5-4-9-2-1-3-10(9)8-11/h4-8H,1-3H2,(H2,13,14). The lowest BCUT2D eigenvalue weighted by molar-refractivity contribution is 0.882. The summed E-state index contributed by atoms with van der Waals surface area (Å²) in [7, 11) is 0. The second-order valence-electron chi connectivity index (χ2n) is 3.99. The first-order valence-electron chi connectivity index (χ1n) is 5.26. The topological polar surface area (TPSA) is 43.8 Å². The summed E-state index contributed by atoms with van der Waals surface area (Å²) >= 11 is 0. The highest BCUT2D eigenvalue weighted by Gasteiger charge is 2.11. The summed E-state index contributed by atoms with van der Waals surface area (Å²) in [5, 5.41) is 4.20. The third-order valence-corrected chi connectivity index (χ3v) is 2.96. The Bertz CT molecular complexity index is 499. The van der Waals surface area contributed by atoms with E-state index in [0.29, 0.717) is 5.82 Å². The van der Waals surface area contributed by atoms with Gasteiger partial charge in [-0.1, -0.05) is 6.07 Å². The van der Waals surface area contributed by atoms with Crippen molar-refractivity contribution in [2.45, 2.75) is 19.3 Å². The van der Waals surface area contributed by atoms with Crippen molar-refractivity contribution in [3.05, 3.63) is 41.6 Å². The molecule has 0 unspecified atom stereocenters. The van der Waals surface area contributed by atoms with Crippen molar-refractivity contribution in [2.24, 2.45) is 0 Å². The zero-order valence-corrected chi connectivity index (χ0v) is 8.48. The fraction of sp³-hybridized carbons (Fsp3) is 0.250. The molecule has 3 rings (SSSR count). The fourth-order valence-electron chi connectivity index (χ4n) is 2.18. The van der Waals surface area contributed by atoms with Gasteiger partial charge in [-0.3, -0.25) is 0 Å². The third-order valence-electron chi connectivity index (χ3n) is 2.96. The quantitative estimate of drug-likeness (QED) is 0.762. The monoisotopic (exact) mass is 199 g/mol. The molecule has 3 nitrogen and oxygen atoms in total. The number of hydrogen-bond acceptors (Lipinski definition) is 2. The van der Waals surface area contributed by atoms with E-state index in [1.807, 2.05) is 16.9 Å². The van der Waals surface area contributed by atoms with Crippen LogP contribution in [0.2, 0.25) is 0 Å². The molecule has 0 radical (unpaired) electrons. The molecule has 2 aromatic rings. The lowest BCUT2D eigenvalue weighted by Gasteiger charge is -2.04. The molecule has 0 amide bonds. The van der Waals surface area contributed by atoms with Crippen molar-refractivity contribution >= 4 is 5.82 Å². The van der Waals surface area contributed by atoms with Crippen LogP contribution in [0.1, 0.15) is 17.5 Å². The maximum Gasteiger partial charge on any atom is 0.145 e. The van der Waals surface area contributed by atoms with Crippen LogP contribution in [-0.2, 0) is 12.8 Å². The van der Waals surface area contributed by atoms with Gasteiger partial charge < -0.3 is 5.73 Å². The number of aryl methyl sites for hydroxylation is 2. The van der Waals surface area contributed by atoms with Crippen LogP contribution < -0.4 is 5.73 Å². The van der Waals surface area contributed by atoms with Gasteiger partial charge in [0, 0.05) is 12.3 Å². The van der Waals surface area contributed by atoms with Crippen molar-refractivity contribution in [2.75, 3.05) is 5.73 Å². The van der Waals surface area contributed by atoms with E-state index in [1.165, 1.54) is 30.4 Å². The van der Waals surface area contributed by atoms with Gasteiger partial charge in [0.2, 0.25) is 0 Å². The second kappa shape index (κ2) is 3.12. The Balaban J connectivity index is 2.06. The molecule has 0 aliphatic heterocycles. The van der Waals surface area contributed by atoms with E-state index in [-0.39, 0.29) is 0 Å². The summed E-state index contributed by atoms with van der Waals surface area (Å²) in [5.74, 6) is 0.565. The Kier molecular flexibility index (Phi) is 1.78. The summed E-state index contributed by atoms with van der Waals surface area (Å²) in [5.41, 5.74) is 9.65. The van der Waals surface area contributed by atoms with Crippen LogP contribution >= 0.6 is 0 Å². The summed E-state index contributed by atoms with van der Waals surface area (Å²) in [4.78, 5) is 0. The molecule has 0 spiro atoms. The first-order chi connectivity index (χ1) is 7.33. The van der Waals surface area contributed by atoms with Crippen LogP contribution in [-0.4, -0.2) is 9.78 Å². The van der Waals surface area contributed by atoms with Crippen LogP contribution in [0, 0.1) is 0 Å². The number of nitrogens with two attached hydrogens (primary N) is 1. The van der Waals surface area contributed by atoms with Gasteiger partial charge in [-0.25, -0.2) is 4.68 Å². The van der Waals surface area contributed by atoms with E-state index in [0.717, 1.165) is 5.69 Å². The molecule has 1 aliphatic carbocycles. The van der Waals surface area contributed by atoms with Crippen LogP contribution in [0.4, 0.5) is 5.82 Å². The zero-order valence-electron chi connectivity index (χ0n) is 8.48. The summed E-state index contributed by atoms with van der Waals surface area (Å²) in [6.45, 7) is 0. The number of rotatable bonds is 1. The normalized spacial score (nSPS) is 14.1. The zero-order chi connectivity index (χ0) is 10.3. The van der Waals surface area contributed by atoms with Crippen LogP contribution in [0.15, 0.2) is 30.5 Å². The number of nitrogens with zero attached hydrogens (tertiary/aromatic N) is 2. The van der Waals surface area contributed by atoms with Gasteiger partial charge in [0.05, 0.1) is 5.69 Å². The highest BCUT2D eigenvalue weighted by molar-refractivity contribution is 5.43. The summed E-state index contributed by atoms with van der Waals surface area (Å²) in [6, 6.07) is 8.34. The van der Waals surface area contributed by atoms with E-state index in [2.05, 4.69) is 23.3 Å². The minimum absolute atomic E-state index is 0.565. The molecule has 15 heavy (non-hydrogen) atoms. The first-order valence-corrected chi connectivity index (χ1v) is 5.26. The molecule has 1 aliphatic rings. The maximum atomic E-state index is 5.60. The molecular weight excluding hydrogens is 186 g/mol. The Morgan fingerprint density at radius 1 is 1.13 bits per heavy atom. The highest BCUT2D eigenvalue weighted by atomic mass is 15.3. The van der Waals surface area contributed by atoms with Gasteiger partial charge in [-0.15, -0.1) is 0 Å². The molecule has 1 aromatic carbocycles. The average molecular weight is 199 g/mol. The van der Waals surface area contributed by atoms with Crippen molar-refractivity contribution in [3.8, 4) is 5.69 Å². The maximum absolute atomic E-state index is 5.60. The highest BCUT2D eigenvalue weighted by Crippen LogP contribution is 2.24. The largest absolute Gasteiger partial charge is 0.382 e. The van der Waals surface area contributed by atoms with Gasteiger partial charge in [0.1, 0.15) is 5.82 Å². The SMILES string of the molecule is Nc1ccn(-c2ccc3c(c2)CCC3)n1. The van der Waals surface area contributed by atoms with Crippen molar-refractivity contribution in [3.63, 3.8) is 0 Å². The van der Waals surface area contributed by atoms with Gasteiger partial charge in [-0.2, -0.15) is 5.10 Å². The predicted molar refractivity (Wildman–Crippen MR) is 60.0 cm³/mol. The molecule has 0 atom stereocenters. The molecule has 0 fully saturated rings. The summed E-state index contributed by atoms with van der Waals surface area (Å²) < 4.78 is 1.83. The molecule has 76 valence electrons. The Hall–Kier alpha value is -1.77. The first kappa shape index (κ1) is 8.53. The number of nitrogen functional groups attached to an aromatic ring is 1. The van der Waals surface area contributed by atoms with Gasteiger partial charge in [-0.05, 0) is 42.5 Å². The molecule has 2 N–H and O–H groups in total. The van der Waals surface area contributed by atoms with Crippen LogP contribution in [0.5, 0.6) is 0 Å². The fourth-order valence-corrected chi connectivity index (χ4v) is 2.18. The molecular formula is C12H13N3. The van der Waals surface area contributed by atoms with Gasteiger partial charge >= 0.3 is 0 Å². The van der Waals surface area contributed by atoms with Gasteiger partial charge in [0.25, 0.3) is 0 Å². The summed E-state index contributed by atoms with van der Waals surface area (Å²) in [6.07, 6.45) is 5.59. The smallest absolute Gasteiger partial charge is 0.145 e. The van der Waals surface area contributed by atoms with Gasteiger partial charge in [0.15, 0.2) is 0 Å². The Labute approximate surface area is 88.5 Å². The molecule has 0 bridgehead atoms. The Morgan fingerprint density at radius 3 is 2.80 bits per heavy atom. The molecule has 0 saturated carbocycles. The molecule has 0 saturated heterocycles. The molecule has 1 heterocycles. The number of fused-ring (bicyclic) bond motifs is 1. The van der Waals surface area contributed by atoms with Crippen molar-refractivity contribution in [1.82, 2.24) is 9.78 Å². The van der Waals surface area contributed by atoms with E-state index >= 15 is 0 Å². The minimum Gasteiger partial charge on any atom is -0.382 e. The van der Waals surface area contributed by atoms with E-state index in [4.69, 9.17) is 5.73 Å². The van der Waals surface area contributed by atoms with Crippen molar-refractivity contribution < 1.29 is 0 Å². The van der Waals surface area contributed by atoms with Crippen molar-refractivity contribution in [1.29, 1.82) is 0 Å². The predicted octanol–water partition coefficient (Wildman–Crippen LogP) is 1.94. The molecule has 1 aromatic heterocycles. The number of hydrogen-bond donors (Lipinski definition) is 1.